The van der Waals surface area contributed by atoms with Crippen LogP contribution < -0.4 is 0 Å². The standard InChI is InChI=1S/C27H44O15/c1-25(2)35-12-14(38-25)18(21-22(24(32-7)33-8)42-27(5,6)41-21)37-23-17(31)20-19(39-26(3,4)40-20)13(36-23)11-34-16(30)10-9-15(28)29/h13-14,17-24,31H,9-12H2,1-8H3,(H,28,29)/t13-,14-,17-,18-,19+,20-,21+,22-,23+/m1/s1. The molecule has 4 fully saturated rings. The first-order valence-corrected chi connectivity index (χ1v) is 14.0. The van der Waals surface area contributed by atoms with Gasteiger partial charge in [0.1, 0.15) is 55.4 Å². The van der Waals surface area contributed by atoms with Crippen LogP contribution in [-0.2, 0) is 61.7 Å². The van der Waals surface area contributed by atoms with Crippen molar-refractivity contribution in [1.29, 1.82) is 0 Å². The summed E-state index contributed by atoms with van der Waals surface area (Å²) < 4.78 is 65.3. The lowest BCUT2D eigenvalue weighted by molar-refractivity contribution is -0.316. The molecule has 0 aliphatic carbocycles. The molecule has 2 N–H and O–H groups in total. The number of hydrogen-bond acceptors (Lipinski definition) is 14. The maximum Gasteiger partial charge on any atom is 0.306 e. The van der Waals surface area contributed by atoms with E-state index in [9.17, 15) is 14.7 Å². The Kier molecular flexibility index (Phi) is 10.2. The van der Waals surface area contributed by atoms with Crippen molar-refractivity contribution in [2.45, 2.75) is 133 Å². The van der Waals surface area contributed by atoms with Gasteiger partial charge in [0, 0.05) is 14.2 Å². The van der Waals surface area contributed by atoms with E-state index in [1.165, 1.54) is 14.2 Å². The maximum absolute atomic E-state index is 12.2. The van der Waals surface area contributed by atoms with Crippen molar-refractivity contribution in [2.24, 2.45) is 0 Å². The number of rotatable bonds is 12. The number of methoxy groups -OCH3 is 2. The van der Waals surface area contributed by atoms with Crippen molar-refractivity contribution in [3.63, 3.8) is 0 Å². The van der Waals surface area contributed by atoms with E-state index in [2.05, 4.69) is 0 Å². The van der Waals surface area contributed by atoms with Crippen molar-refractivity contribution in [1.82, 2.24) is 0 Å². The molecule has 0 amide bonds. The van der Waals surface area contributed by atoms with Crippen LogP contribution in [0.5, 0.6) is 0 Å². The van der Waals surface area contributed by atoms with Crippen LogP contribution in [0.2, 0.25) is 0 Å². The number of aliphatic hydroxyl groups is 1. The number of carboxylic acid groups (broad SMARTS) is 1. The molecular formula is C27H44O15. The number of carbonyl (C=O) groups excluding carboxylic acids is 1. The minimum absolute atomic E-state index is 0.140. The van der Waals surface area contributed by atoms with Gasteiger partial charge >= 0.3 is 11.9 Å². The number of hydrogen-bond donors (Lipinski definition) is 2. The highest BCUT2D eigenvalue weighted by Gasteiger charge is 2.59. The monoisotopic (exact) mass is 608 g/mol. The van der Waals surface area contributed by atoms with Crippen LogP contribution in [0.4, 0.5) is 0 Å². The van der Waals surface area contributed by atoms with Crippen LogP contribution in [0, 0.1) is 0 Å². The largest absolute Gasteiger partial charge is 0.481 e. The third kappa shape index (κ3) is 7.77. The molecule has 0 radical (unpaired) electrons. The molecule has 4 aliphatic heterocycles. The summed E-state index contributed by atoms with van der Waals surface area (Å²) in [6, 6.07) is 0. The molecule has 4 heterocycles. The fourth-order valence-corrected chi connectivity index (χ4v) is 5.61. The summed E-state index contributed by atoms with van der Waals surface area (Å²) >= 11 is 0. The topological polar surface area (TPSA) is 176 Å². The summed E-state index contributed by atoms with van der Waals surface area (Å²) in [5.74, 6) is -4.88. The molecule has 0 aromatic rings. The summed E-state index contributed by atoms with van der Waals surface area (Å²) in [4.78, 5) is 23.0. The Labute approximate surface area is 244 Å². The minimum atomic E-state index is -1.33. The van der Waals surface area contributed by atoms with E-state index in [-0.39, 0.29) is 26.1 Å². The lowest BCUT2D eigenvalue weighted by atomic mass is 9.98. The highest BCUT2D eigenvalue weighted by molar-refractivity contribution is 5.76. The van der Waals surface area contributed by atoms with Crippen molar-refractivity contribution < 1.29 is 71.9 Å². The van der Waals surface area contributed by atoms with Gasteiger partial charge in [-0.25, -0.2) is 0 Å². The van der Waals surface area contributed by atoms with Crippen LogP contribution in [0.25, 0.3) is 0 Å². The van der Waals surface area contributed by atoms with E-state index in [1.54, 1.807) is 41.5 Å². The molecule has 0 spiro atoms. The van der Waals surface area contributed by atoms with Gasteiger partial charge in [0.15, 0.2) is 29.9 Å². The van der Waals surface area contributed by atoms with Crippen molar-refractivity contribution in [3.8, 4) is 0 Å². The predicted molar refractivity (Wildman–Crippen MR) is 138 cm³/mol. The van der Waals surface area contributed by atoms with Gasteiger partial charge in [0.05, 0.1) is 19.4 Å². The lowest BCUT2D eigenvalue weighted by Crippen LogP contribution is -2.61. The van der Waals surface area contributed by atoms with Crippen LogP contribution in [-0.4, -0.2) is 128 Å². The maximum atomic E-state index is 12.2. The van der Waals surface area contributed by atoms with E-state index in [0.29, 0.717) is 0 Å². The minimum Gasteiger partial charge on any atom is -0.481 e. The Morgan fingerprint density at radius 1 is 0.857 bits per heavy atom. The number of fused-ring (bicyclic) bond motifs is 1. The summed E-state index contributed by atoms with van der Waals surface area (Å²) in [6.07, 6.45) is -10.0. The summed E-state index contributed by atoms with van der Waals surface area (Å²) in [7, 11) is 2.95. The zero-order valence-corrected chi connectivity index (χ0v) is 25.3. The SMILES string of the molecule is COC(OC)[C@@H]1OC(C)(C)O[C@H]1[C@H](O[C@@H]1O[C@H](COC(=O)CCC(=O)O)[C@@H]2OC(C)(C)O[C@@H]2[C@H]1O)[C@H]1COC(C)(C)O1. The molecule has 15 heteroatoms. The molecule has 9 atom stereocenters. The zero-order chi connectivity index (χ0) is 31.0. The molecule has 42 heavy (non-hydrogen) atoms. The van der Waals surface area contributed by atoms with Gasteiger partial charge in [0.25, 0.3) is 0 Å². The quantitative estimate of drug-likeness (QED) is 0.233. The number of aliphatic hydroxyl groups excluding tert-OH is 1. The number of aliphatic carboxylic acids is 1. The Bertz CT molecular complexity index is 950. The Morgan fingerprint density at radius 2 is 1.48 bits per heavy atom. The van der Waals surface area contributed by atoms with Crippen molar-refractivity contribution in [3.05, 3.63) is 0 Å². The normalized spacial score (nSPS) is 37.5. The second kappa shape index (κ2) is 12.9. The third-order valence-corrected chi connectivity index (χ3v) is 7.31. The Morgan fingerprint density at radius 3 is 2.07 bits per heavy atom. The second-order valence-corrected chi connectivity index (χ2v) is 12.0. The molecule has 0 aromatic carbocycles. The van der Waals surface area contributed by atoms with Crippen molar-refractivity contribution >= 4 is 11.9 Å². The van der Waals surface area contributed by atoms with Gasteiger partial charge in [-0.2, -0.15) is 0 Å². The summed E-state index contributed by atoms with van der Waals surface area (Å²) in [6.45, 7) is 10.2. The van der Waals surface area contributed by atoms with E-state index in [1.807, 2.05) is 0 Å². The average molecular weight is 609 g/mol. The second-order valence-electron chi connectivity index (χ2n) is 12.0. The van der Waals surface area contributed by atoms with E-state index in [0.717, 1.165) is 0 Å². The fourth-order valence-electron chi connectivity index (χ4n) is 5.61. The van der Waals surface area contributed by atoms with E-state index < -0.39 is 90.7 Å². The Balaban J connectivity index is 1.59. The first kappa shape index (κ1) is 33.4. The van der Waals surface area contributed by atoms with Gasteiger partial charge in [-0.15, -0.1) is 0 Å². The average Bonchev–Trinajstić information content (AvgIpc) is 3.53. The number of carbonyl (C=O) groups is 2. The highest BCUT2D eigenvalue weighted by Crippen LogP contribution is 2.41. The molecule has 242 valence electrons. The van der Waals surface area contributed by atoms with Gasteiger partial charge < -0.3 is 62.3 Å². The zero-order valence-electron chi connectivity index (χ0n) is 25.3. The molecule has 4 saturated heterocycles. The molecule has 0 aromatic heterocycles. The number of ether oxygens (including phenoxy) is 11. The smallest absolute Gasteiger partial charge is 0.306 e. The molecule has 0 saturated carbocycles. The predicted octanol–water partition coefficient (Wildman–Crippen LogP) is 0.676. The van der Waals surface area contributed by atoms with Gasteiger partial charge in [0.2, 0.25) is 0 Å². The molecule has 4 rings (SSSR count). The molecule has 0 bridgehead atoms. The summed E-state index contributed by atoms with van der Waals surface area (Å²) in [5.41, 5.74) is 0. The molecule has 0 unspecified atom stereocenters. The van der Waals surface area contributed by atoms with Crippen molar-refractivity contribution in [2.75, 3.05) is 27.4 Å². The van der Waals surface area contributed by atoms with Crippen LogP contribution in [0.3, 0.4) is 0 Å². The van der Waals surface area contributed by atoms with Crippen LogP contribution >= 0.6 is 0 Å². The van der Waals surface area contributed by atoms with Crippen LogP contribution in [0.15, 0.2) is 0 Å². The first-order valence-electron chi connectivity index (χ1n) is 14.0. The first-order chi connectivity index (χ1) is 19.5. The lowest BCUT2D eigenvalue weighted by Gasteiger charge is -2.42. The van der Waals surface area contributed by atoms with Gasteiger partial charge in [-0.3, -0.25) is 9.59 Å². The Hall–Kier alpha value is -1.50. The molecule has 4 aliphatic rings. The van der Waals surface area contributed by atoms with Gasteiger partial charge in [-0.1, -0.05) is 0 Å². The fraction of sp³-hybridized carbons (Fsp3) is 0.926. The molecule has 15 nitrogen and oxygen atoms in total. The summed E-state index contributed by atoms with van der Waals surface area (Å²) in [5, 5.41) is 20.3. The number of esters is 1. The van der Waals surface area contributed by atoms with Crippen LogP contribution in [0.1, 0.15) is 54.4 Å². The number of carboxylic acids is 1. The third-order valence-electron chi connectivity index (χ3n) is 7.31. The van der Waals surface area contributed by atoms with E-state index in [4.69, 9.17) is 57.2 Å². The highest BCUT2D eigenvalue weighted by atomic mass is 16.8. The molecular weight excluding hydrogens is 564 g/mol. The van der Waals surface area contributed by atoms with Gasteiger partial charge in [-0.05, 0) is 41.5 Å². The van der Waals surface area contributed by atoms with E-state index >= 15 is 0 Å².